The molecule has 0 bridgehead atoms. The maximum atomic E-state index is 9.51. The van der Waals surface area contributed by atoms with Crippen molar-refractivity contribution >= 4 is 34.8 Å². The summed E-state index contributed by atoms with van der Waals surface area (Å²) in [6.45, 7) is 4.11. The van der Waals surface area contributed by atoms with Crippen molar-refractivity contribution in [1.82, 2.24) is 0 Å². The van der Waals surface area contributed by atoms with E-state index in [9.17, 15) is 5.11 Å². The first-order valence-electron chi connectivity index (χ1n) is 4.16. The SMILES string of the molecule is CC1(C)C2C(O)OC(C(Cl)(Cl)Cl)C21. The number of ether oxygens (including phenoxy) is 1. The summed E-state index contributed by atoms with van der Waals surface area (Å²) in [6, 6.07) is 0. The highest BCUT2D eigenvalue weighted by atomic mass is 35.6. The third kappa shape index (κ3) is 1.38. The van der Waals surface area contributed by atoms with Crippen molar-refractivity contribution in [1.29, 1.82) is 0 Å². The molecule has 2 rings (SSSR count). The second-order valence-electron chi connectivity index (χ2n) is 4.36. The van der Waals surface area contributed by atoms with Gasteiger partial charge in [-0.1, -0.05) is 48.7 Å². The highest BCUT2D eigenvalue weighted by Crippen LogP contribution is 2.69. The maximum Gasteiger partial charge on any atom is 0.216 e. The summed E-state index contributed by atoms with van der Waals surface area (Å²) in [5.74, 6) is 0.281. The number of halogens is 3. The Labute approximate surface area is 92.1 Å². The average Bonchev–Trinajstić information content (AvgIpc) is 2.35. The highest BCUT2D eigenvalue weighted by molar-refractivity contribution is 6.68. The van der Waals surface area contributed by atoms with E-state index in [1.807, 2.05) is 0 Å². The number of hydrogen-bond acceptors (Lipinski definition) is 2. The Balaban J connectivity index is 2.19. The first kappa shape index (κ1) is 10.3. The van der Waals surface area contributed by atoms with Gasteiger partial charge in [-0.25, -0.2) is 0 Å². The normalized spacial score (nSPS) is 47.5. The zero-order valence-corrected chi connectivity index (χ0v) is 9.57. The molecule has 0 aromatic carbocycles. The average molecular weight is 246 g/mol. The molecule has 2 aliphatic rings. The molecule has 76 valence electrons. The highest BCUT2D eigenvalue weighted by Gasteiger charge is 2.72. The van der Waals surface area contributed by atoms with E-state index in [0.717, 1.165) is 0 Å². The lowest BCUT2D eigenvalue weighted by Crippen LogP contribution is -2.33. The zero-order chi connectivity index (χ0) is 10.0. The molecule has 5 heteroatoms. The van der Waals surface area contributed by atoms with E-state index in [2.05, 4.69) is 13.8 Å². The van der Waals surface area contributed by atoms with Gasteiger partial charge in [0.15, 0.2) is 6.29 Å². The van der Waals surface area contributed by atoms with Gasteiger partial charge < -0.3 is 9.84 Å². The smallest absolute Gasteiger partial charge is 0.216 e. The lowest BCUT2D eigenvalue weighted by atomic mass is 10.1. The topological polar surface area (TPSA) is 29.5 Å². The molecule has 1 aliphatic carbocycles. The zero-order valence-electron chi connectivity index (χ0n) is 7.30. The van der Waals surface area contributed by atoms with Gasteiger partial charge in [0.05, 0.1) is 0 Å². The van der Waals surface area contributed by atoms with Gasteiger partial charge in [0.2, 0.25) is 3.79 Å². The first-order valence-corrected chi connectivity index (χ1v) is 5.30. The van der Waals surface area contributed by atoms with Crippen LogP contribution in [0, 0.1) is 17.3 Å². The van der Waals surface area contributed by atoms with Crippen molar-refractivity contribution < 1.29 is 9.84 Å². The lowest BCUT2D eigenvalue weighted by Gasteiger charge is -2.26. The molecule has 0 radical (unpaired) electrons. The Hall–Kier alpha value is 0.790. The number of fused-ring (bicyclic) bond motifs is 1. The van der Waals surface area contributed by atoms with E-state index < -0.39 is 16.2 Å². The summed E-state index contributed by atoms with van der Waals surface area (Å²) in [5.41, 5.74) is 0.0340. The molecule has 0 amide bonds. The Kier molecular flexibility index (Phi) is 2.12. The van der Waals surface area contributed by atoms with Crippen LogP contribution in [0.25, 0.3) is 0 Å². The fraction of sp³-hybridized carbons (Fsp3) is 1.00. The van der Waals surface area contributed by atoms with Crippen LogP contribution in [0.1, 0.15) is 13.8 Å². The third-order valence-electron chi connectivity index (χ3n) is 3.24. The molecule has 1 saturated heterocycles. The quantitative estimate of drug-likeness (QED) is 0.664. The molecule has 13 heavy (non-hydrogen) atoms. The van der Waals surface area contributed by atoms with Gasteiger partial charge in [-0.05, 0) is 5.41 Å². The summed E-state index contributed by atoms with van der Waals surface area (Å²) >= 11 is 17.2. The second kappa shape index (κ2) is 2.67. The van der Waals surface area contributed by atoms with Crippen LogP contribution in [0.5, 0.6) is 0 Å². The first-order chi connectivity index (χ1) is 5.76. The molecule has 4 unspecified atom stereocenters. The van der Waals surface area contributed by atoms with Crippen LogP contribution in [0.3, 0.4) is 0 Å². The number of alkyl halides is 3. The van der Waals surface area contributed by atoms with E-state index in [-0.39, 0.29) is 17.3 Å². The van der Waals surface area contributed by atoms with Gasteiger partial charge in [-0.3, -0.25) is 0 Å². The van der Waals surface area contributed by atoms with Crippen LogP contribution < -0.4 is 0 Å². The number of rotatable bonds is 0. The molecule has 1 N–H and O–H groups in total. The monoisotopic (exact) mass is 244 g/mol. The molecule has 0 aromatic heterocycles. The van der Waals surface area contributed by atoms with Crippen molar-refractivity contribution in [3.8, 4) is 0 Å². The third-order valence-corrected chi connectivity index (χ3v) is 3.88. The van der Waals surface area contributed by atoms with Gasteiger partial charge in [0, 0.05) is 11.8 Å². The minimum atomic E-state index is -1.44. The van der Waals surface area contributed by atoms with Crippen LogP contribution in [0.2, 0.25) is 0 Å². The molecule has 1 aliphatic heterocycles. The van der Waals surface area contributed by atoms with Gasteiger partial charge in [0.25, 0.3) is 0 Å². The fourth-order valence-electron chi connectivity index (χ4n) is 2.44. The Morgan fingerprint density at radius 1 is 1.23 bits per heavy atom. The number of aliphatic hydroxyl groups is 1. The molecular weight excluding hydrogens is 234 g/mol. The summed E-state index contributed by atoms with van der Waals surface area (Å²) in [6.07, 6.45) is -1.26. The van der Waals surface area contributed by atoms with Crippen molar-refractivity contribution in [2.24, 2.45) is 17.3 Å². The van der Waals surface area contributed by atoms with E-state index in [1.165, 1.54) is 0 Å². The molecule has 0 aromatic rings. The van der Waals surface area contributed by atoms with Crippen molar-refractivity contribution in [3.63, 3.8) is 0 Å². The van der Waals surface area contributed by atoms with Crippen molar-refractivity contribution in [3.05, 3.63) is 0 Å². The molecule has 2 nitrogen and oxygen atoms in total. The van der Waals surface area contributed by atoms with Crippen LogP contribution in [-0.4, -0.2) is 21.3 Å². The largest absolute Gasteiger partial charge is 0.368 e. The van der Waals surface area contributed by atoms with Gasteiger partial charge >= 0.3 is 0 Å². The molecule has 4 atom stereocenters. The number of hydrogen-bond donors (Lipinski definition) is 1. The van der Waals surface area contributed by atoms with Crippen molar-refractivity contribution in [2.75, 3.05) is 0 Å². The van der Waals surface area contributed by atoms with E-state index in [4.69, 9.17) is 39.5 Å². The summed E-state index contributed by atoms with van der Waals surface area (Å²) in [4.78, 5) is 0. The minimum absolute atomic E-state index is 0.0340. The minimum Gasteiger partial charge on any atom is -0.368 e. The van der Waals surface area contributed by atoms with Crippen LogP contribution in [0.4, 0.5) is 0 Å². The van der Waals surface area contributed by atoms with Crippen LogP contribution >= 0.6 is 34.8 Å². The molecule has 1 heterocycles. The second-order valence-corrected chi connectivity index (χ2v) is 6.73. The van der Waals surface area contributed by atoms with Gasteiger partial charge in [-0.15, -0.1) is 0 Å². The fourth-order valence-corrected chi connectivity index (χ4v) is 3.00. The van der Waals surface area contributed by atoms with Crippen LogP contribution in [0.15, 0.2) is 0 Å². The summed E-state index contributed by atoms with van der Waals surface area (Å²) in [5, 5.41) is 9.51. The number of aliphatic hydroxyl groups excluding tert-OH is 1. The van der Waals surface area contributed by atoms with E-state index >= 15 is 0 Å². The Morgan fingerprint density at radius 3 is 2.00 bits per heavy atom. The predicted octanol–water partition coefficient (Wildman–Crippen LogP) is 2.35. The van der Waals surface area contributed by atoms with Gasteiger partial charge in [-0.2, -0.15) is 0 Å². The standard InChI is InChI=1S/C8H11Cl3O2/c1-7(2)3-4(7)6(12)13-5(3)8(9,10)11/h3-6,12H,1-2H3. The Morgan fingerprint density at radius 2 is 1.77 bits per heavy atom. The van der Waals surface area contributed by atoms with E-state index in [0.29, 0.717) is 0 Å². The summed E-state index contributed by atoms with van der Waals surface area (Å²) in [7, 11) is 0. The van der Waals surface area contributed by atoms with Crippen molar-refractivity contribution in [2.45, 2.75) is 30.0 Å². The Bertz CT molecular complexity index is 233. The molecule has 0 spiro atoms. The maximum absolute atomic E-state index is 9.51. The molecular formula is C8H11Cl3O2. The lowest BCUT2D eigenvalue weighted by molar-refractivity contribution is -0.127. The predicted molar refractivity (Wildman–Crippen MR) is 51.9 cm³/mol. The van der Waals surface area contributed by atoms with E-state index in [1.54, 1.807) is 0 Å². The van der Waals surface area contributed by atoms with Crippen LogP contribution in [-0.2, 0) is 4.74 Å². The summed E-state index contributed by atoms with van der Waals surface area (Å²) < 4.78 is 3.75. The molecule has 1 saturated carbocycles. The molecule has 2 fully saturated rings. The van der Waals surface area contributed by atoms with Gasteiger partial charge in [0.1, 0.15) is 6.10 Å².